The topological polar surface area (TPSA) is 80.0 Å². The number of rotatable bonds is 8. The molecule has 4 N–H and O–H groups in total. The van der Waals surface area contributed by atoms with Crippen LogP contribution in [-0.2, 0) is 6.42 Å². The number of hydrazine groups is 1. The molecule has 0 aliphatic heterocycles. The maximum absolute atomic E-state index is 12.0. The Bertz CT molecular complexity index is 406. The van der Waals surface area contributed by atoms with Crippen molar-refractivity contribution in [3.05, 3.63) is 23.4 Å². The molecule has 0 radical (unpaired) electrons. The Labute approximate surface area is 115 Å². The molecule has 19 heavy (non-hydrogen) atoms. The molecule has 1 amide bonds. The van der Waals surface area contributed by atoms with Crippen LogP contribution in [0.15, 0.2) is 12.1 Å². The molecule has 1 rings (SSSR count). The molecular weight excluding hydrogens is 240 g/mol. The fourth-order valence-electron chi connectivity index (χ4n) is 1.86. The third-order valence-electron chi connectivity index (χ3n) is 2.86. The third-order valence-corrected chi connectivity index (χ3v) is 2.86. The summed E-state index contributed by atoms with van der Waals surface area (Å²) in [5, 5.41) is 2.92. The number of unbranched alkanes of at least 4 members (excludes halogenated alkanes) is 2. The van der Waals surface area contributed by atoms with Crippen LogP contribution >= 0.6 is 0 Å². The van der Waals surface area contributed by atoms with E-state index in [1.54, 1.807) is 6.07 Å². The summed E-state index contributed by atoms with van der Waals surface area (Å²) in [6.45, 7) is 4.93. The van der Waals surface area contributed by atoms with E-state index < -0.39 is 0 Å². The fourth-order valence-corrected chi connectivity index (χ4v) is 1.86. The van der Waals surface area contributed by atoms with Crippen molar-refractivity contribution in [3.63, 3.8) is 0 Å². The number of nitrogens with one attached hydrogen (secondary N) is 2. The number of hydrogen-bond donors (Lipinski definition) is 3. The zero-order chi connectivity index (χ0) is 14.1. The molecule has 1 heterocycles. The highest BCUT2D eigenvalue weighted by molar-refractivity contribution is 5.94. The van der Waals surface area contributed by atoms with Crippen LogP contribution in [0.2, 0.25) is 0 Å². The number of carbonyl (C=O) groups excluding carboxylic acids is 1. The lowest BCUT2D eigenvalue weighted by molar-refractivity contribution is 0.0953. The number of aryl methyl sites for hydroxylation is 1. The molecule has 5 nitrogen and oxygen atoms in total. The molecule has 0 aromatic carbocycles. The maximum Gasteiger partial charge on any atom is 0.251 e. The van der Waals surface area contributed by atoms with Crippen molar-refractivity contribution in [2.24, 2.45) is 5.84 Å². The van der Waals surface area contributed by atoms with Gasteiger partial charge >= 0.3 is 0 Å². The summed E-state index contributed by atoms with van der Waals surface area (Å²) in [4.78, 5) is 16.3. The van der Waals surface area contributed by atoms with Crippen LogP contribution in [0.1, 0.15) is 55.6 Å². The number of hydrogen-bond acceptors (Lipinski definition) is 4. The molecular formula is C14H24N4O. The van der Waals surface area contributed by atoms with Gasteiger partial charge in [-0.15, -0.1) is 0 Å². The third kappa shape index (κ3) is 5.26. The summed E-state index contributed by atoms with van der Waals surface area (Å²) in [5.74, 6) is 5.85. The SMILES string of the molecule is CCCCCNC(=O)c1cc(CCC)nc(NN)c1. The van der Waals surface area contributed by atoms with Gasteiger partial charge in [0.2, 0.25) is 0 Å². The summed E-state index contributed by atoms with van der Waals surface area (Å²) < 4.78 is 0. The van der Waals surface area contributed by atoms with E-state index in [0.29, 0.717) is 17.9 Å². The molecule has 1 aromatic rings. The second-order valence-corrected chi connectivity index (χ2v) is 4.59. The number of aromatic nitrogens is 1. The average molecular weight is 264 g/mol. The Kier molecular flexibility index (Phi) is 6.89. The van der Waals surface area contributed by atoms with E-state index in [-0.39, 0.29) is 5.91 Å². The van der Waals surface area contributed by atoms with Gasteiger partial charge < -0.3 is 10.7 Å². The molecule has 0 atom stereocenters. The van der Waals surface area contributed by atoms with Crippen molar-refractivity contribution in [1.29, 1.82) is 0 Å². The van der Waals surface area contributed by atoms with Crippen molar-refractivity contribution in [3.8, 4) is 0 Å². The molecule has 0 aliphatic carbocycles. The second-order valence-electron chi connectivity index (χ2n) is 4.59. The molecule has 0 spiro atoms. The Hall–Kier alpha value is -1.62. The number of nitrogens with zero attached hydrogens (tertiary/aromatic N) is 1. The van der Waals surface area contributed by atoms with Crippen LogP contribution in [0.4, 0.5) is 5.82 Å². The monoisotopic (exact) mass is 264 g/mol. The summed E-state index contributed by atoms with van der Waals surface area (Å²) in [6, 6.07) is 3.51. The normalized spacial score (nSPS) is 10.3. The van der Waals surface area contributed by atoms with Crippen molar-refractivity contribution in [2.75, 3.05) is 12.0 Å². The van der Waals surface area contributed by atoms with Gasteiger partial charge in [-0.2, -0.15) is 0 Å². The minimum atomic E-state index is -0.0626. The summed E-state index contributed by atoms with van der Waals surface area (Å²) in [5.41, 5.74) is 4.01. The van der Waals surface area contributed by atoms with Crippen LogP contribution < -0.4 is 16.6 Å². The van der Waals surface area contributed by atoms with Gasteiger partial charge in [0, 0.05) is 17.8 Å². The van der Waals surface area contributed by atoms with Crippen LogP contribution in [0.5, 0.6) is 0 Å². The number of nitrogen functional groups attached to an aromatic ring is 1. The zero-order valence-electron chi connectivity index (χ0n) is 11.8. The first kappa shape index (κ1) is 15.4. The first-order chi connectivity index (χ1) is 9.21. The molecule has 5 heteroatoms. The van der Waals surface area contributed by atoms with Crippen molar-refractivity contribution < 1.29 is 4.79 Å². The van der Waals surface area contributed by atoms with Gasteiger partial charge in [0.1, 0.15) is 5.82 Å². The van der Waals surface area contributed by atoms with E-state index >= 15 is 0 Å². The number of amides is 1. The van der Waals surface area contributed by atoms with E-state index in [0.717, 1.165) is 37.8 Å². The molecule has 0 aliphatic rings. The summed E-state index contributed by atoms with van der Waals surface area (Å²) >= 11 is 0. The number of pyridine rings is 1. The molecule has 1 aromatic heterocycles. The van der Waals surface area contributed by atoms with E-state index in [9.17, 15) is 4.79 Å². The standard InChI is InChI=1S/C14H24N4O/c1-3-5-6-8-16-14(19)11-9-12(7-4-2)17-13(10-11)18-15/h9-10H,3-8,15H2,1-2H3,(H,16,19)(H,17,18). The smallest absolute Gasteiger partial charge is 0.251 e. The first-order valence-electron chi connectivity index (χ1n) is 6.97. The van der Waals surface area contributed by atoms with Gasteiger partial charge in [0.05, 0.1) is 0 Å². The highest BCUT2D eigenvalue weighted by Gasteiger charge is 2.09. The van der Waals surface area contributed by atoms with Gasteiger partial charge in [-0.1, -0.05) is 33.1 Å². The highest BCUT2D eigenvalue weighted by atomic mass is 16.1. The lowest BCUT2D eigenvalue weighted by Gasteiger charge is -2.09. The predicted octanol–water partition coefficient (Wildman–Crippen LogP) is 2.24. The van der Waals surface area contributed by atoms with Gasteiger partial charge in [0.15, 0.2) is 0 Å². The van der Waals surface area contributed by atoms with E-state index in [1.807, 2.05) is 6.07 Å². The number of anilines is 1. The van der Waals surface area contributed by atoms with Crippen molar-refractivity contribution in [2.45, 2.75) is 46.0 Å². The van der Waals surface area contributed by atoms with Crippen molar-refractivity contribution in [1.82, 2.24) is 10.3 Å². The average Bonchev–Trinajstić information content (AvgIpc) is 2.43. The molecule has 0 unspecified atom stereocenters. The number of carbonyl (C=O) groups is 1. The lowest BCUT2D eigenvalue weighted by atomic mass is 10.1. The van der Waals surface area contributed by atoms with Crippen LogP contribution in [0.25, 0.3) is 0 Å². The van der Waals surface area contributed by atoms with E-state index in [1.165, 1.54) is 0 Å². The predicted molar refractivity (Wildman–Crippen MR) is 77.9 cm³/mol. The van der Waals surface area contributed by atoms with Crippen molar-refractivity contribution >= 4 is 11.7 Å². The van der Waals surface area contributed by atoms with Gasteiger partial charge in [0.25, 0.3) is 5.91 Å². The minimum absolute atomic E-state index is 0.0626. The van der Waals surface area contributed by atoms with Crippen LogP contribution in [-0.4, -0.2) is 17.4 Å². The maximum atomic E-state index is 12.0. The first-order valence-corrected chi connectivity index (χ1v) is 6.97. The highest BCUT2D eigenvalue weighted by Crippen LogP contribution is 2.11. The Morgan fingerprint density at radius 2 is 2.05 bits per heavy atom. The molecule has 0 bridgehead atoms. The number of nitrogens with two attached hydrogens (primary N) is 1. The van der Waals surface area contributed by atoms with Gasteiger partial charge in [-0.25, -0.2) is 10.8 Å². The molecule has 0 saturated heterocycles. The minimum Gasteiger partial charge on any atom is -0.352 e. The van der Waals surface area contributed by atoms with E-state index in [4.69, 9.17) is 5.84 Å². The fraction of sp³-hybridized carbons (Fsp3) is 0.571. The quantitative estimate of drug-likeness (QED) is 0.382. The summed E-state index contributed by atoms with van der Waals surface area (Å²) in [6.07, 6.45) is 5.11. The van der Waals surface area contributed by atoms with Gasteiger partial charge in [-0.3, -0.25) is 4.79 Å². The zero-order valence-corrected chi connectivity index (χ0v) is 11.8. The Morgan fingerprint density at radius 1 is 1.26 bits per heavy atom. The Morgan fingerprint density at radius 3 is 2.68 bits per heavy atom. The lowest BCUT2D eigenvalue weighted by Crippen LogP contribution is -2.25. The van der Waals surface area contributed by atoms with Crippen LogP contribution in [0, 0.1) is 0 Å². The van der Waals surface area contributed by atoms with Gasteiger partial charge in [-0.05, 0) is 25.0 Å². The molecule has 106 valence electrons. The van der Waals surface area contributed by atoms with E-state index in [2.05, 4.69) is 29.6 Å². The molecule has 0 fully saturated rings. The van der Waals surface area contributed by atoms with Crippen LogP contribution in [0.3, 0.4) is 0 Å². The summed E-state index contributed by atoms with van der Waals surface area (Å²) in [7, 11) is 0. The second kappa shape index (κ2) is 8.48. The molecule has 0 saturated carbocycles. The largest absolute Gasteiger partial charge is 0.352 e. The Balaban J connectivity index is 2.69.